The minimum Gasteiger partial charge on any atom is -0.370 e. The van der Waals surface area contributed by atoms with Gasteiger partial charge in [-0.05, 0) is 24.5 Å². The van der Waals surface area contributed by atoms with Gasteiger partial charge in [-0.25, -0.2) is 9.98 Å². The number of H-pyrrole nitrogens is 1. The Kier molecular flexibility index (Phi) is 5.16. The molecule has 0 saturated heterocycles. The van der Waals surface area contributed by atoms with E-state index in [0.29, 0.717) is 18.5 Å². The van der Waals surface area contributed by atoms with Crippen LogP contribution in [0.15, 0.2) is 35.6 Å². The number of guanidine groups is 1. The summed E-state index contributed by atoms with van der Waals surface area (Å²) in [6.07, 6.45) is 3.93. The van der Waals surface area contributed by atoms with Crippen molar-refractivity contribution in [2.45, 2.75) is 25.4 Å². The molecule has 0 amide bonds. The van der Waals surface area contributed by atoms with Crippen molar-refractivity contribution in [2.75, 3.05) is 7.05 Å². The first kappa shape index (κ1) is 15.7. The van der Waals surface area contributed by atoms with E-state index in [4.69, 9.17) is 5.73 Å². The lowest BCUT2D eigenvalue weighted by Gasteiger charge is -2.16. The highest BCUT2D eigenvalue weighted by Gasteiger charge is 2.27. The summed E-state index contributed by atoms with van der Waals surface area (Å²) in [4.78, 5) is 10.7. The minimum atomic E-state index is 0. The maximum absolute atomic E-state index is 5.99. The lowest BCUT2D eigenvalue weighted by molar-refractivity contribution is 0.487. The van der Waals surface area contributed by atoms with Crippen LogP contribution in [-0.2, 0) is 6.54 Å². The summed E-state index contributed by atoms with van der Waals surface area (Å²) in [7, 11) is 2.00. The third kappa shape index (κ3) is 3.93. The molecule has 1 aliphatic carbocycles. The highest BCUT2D eigenvalue weighted by Crippen LogP contribution is 2.25. The topological polar surface area (TPSA) is 83.2 Å². The highest BCUT2D eigenvalue weighted by atomic mass is 127. The normalized spacial score (nSPS) is 14.6. The Bertz CT molecular complexity index is 606. The Labute approximate surface area is 140 Å². The van der Waals surface area contributed by atoms with Gasteiger partial charge in [0.05, 0.1) is 6.54 Å². The van der Waals surface area contributed by atoms with E-state index in [2.05, 4.69) is 31.1 Å². The number of nitrogens with zero attached hydrogens (tertiary/aromatic N) is 4. The van der Waals surface area contributed by atoms with E-state index in [9.17, 15) is 0 Å². The quantitative estimate of drug-likeness (QED) is 0.469. The molecule has 0 unspecified atom stereocenters. The molecule has 21 heavy (non-hydrogen) atoms. The highest BCUT2D eigenvalue weighted by molar-refractivity contribution is 14.0. The van der Waals surface area contributed by atoms with Gasteiger partial charge in [-0.15, -0.1) is 24.0 Å². The van der Waals surface area contributed by atoms with Gasteiger partial charge < -0.3 is 10.6 Å². The summed E-state index contributed by atoms with van der Waals surface area (Å²) < 4.78 is 0. The molecule has 3 rings (SSSR count). The number of nitrogens with two attached hydrogens (primary N) is 1. The Morgan fingerprint density at radius 3 is 2.95 bits per heavy atom. The first-order valence-electron chi connectivity index (χ1n) is 6.71. The lowest BCUT2D eigenvalue weighted by Crippen LogP contribution is -2.35. The van der Waals surface area contributed by atoms with Gasteiger partial charge in [0.25, 0.3) is 0 Å². The van der Waals surface area contributed by atoms with E-state index in [1.165, 1.54) is 19.2 Å². The summed E-state index contributed by atoms with van der Waals surface area (Å²) in [5.41, 5.74) is 8.09. The summed E-state index contributed by atoms with van der Waals surface area (Å²) in [5, 5.41) is 6.72. The predicted molar refractivity (Wildman–Crippen MR) is 93.3 cm³/mol. The number of aliphatic imine (C=N–C) groups is 1. The van der Waals surface area contributed by atoms with Crippen LogP contribution in [-0.4, -0.2) is 39.1 Å². The maximum atomic E-state index is 5.99. The van der Waals surface area contributed by atoms with Crippen molar-refractivity contribution in [1.82, 2.24) is 20.1 Å². The maximum Gasteiger partial charge on any atom is 0.191 e. The van der Waals surface area contributed by atoms with Crippen LogP contribution in [0.5, 0.6) is 0 Å². The fraction of sp³-hybridized carbons (Fsp3) is 0.357. The van der Waals surface area contributed by atoms with Gasteiger partial charge in [-0.3, -0.25) is 5.10 Å². The van der Waals surface area contributed by atoms with Gasteiger partial charge in [0.15, 0.2) is 11.8 Å². The molecule has 0 atom stereocenters. The number of rotatable bonds is 4. The SMILES string of the molecule is CN(C(N)=NCc1cccc(-c2ncn[nH]2)c1)C1CC1.I. The van der Waals surface area contributed by atoms with E-state index >= 15 is 0 Å². The van der Waals surface area contributed by atoms with Crippen LogP contribution in [0.3, 0.4) is 0 Å². The third-order valence-electron chi connectivity index (χ3n) is 3.50. The van der Waals surface area contributed by atoms with Crippen molar-refractivity contribution in [3.05, 3.63) is 36.2 Å². The second kappa shape index (κ2) is 6.88. The van der Waals surface area contributed by atoms with Crippen molar-refractivity contribution in [1.29, 1.82) is 0 Å². The molecule has 112 valence electrons. The largest absolute Gasteiger partial charge is 0.370 e. The van der Waals surface area contributed by atoms with Crippen LogP contribution >= 0.6 is 24.0 Å². The summed E-state index contributed by atoms with van der Waals surface area (Å²) in [6, 6.07) is 8.65. The van der Waals surface area contributed by atoms with Crippen LogP contribution in [0.4, 0.5) is 0 Å². The monoisotopic (exact) mass is 398 g/mol. The zero-order valence-corrected chi connectivity index (χ0v) is 14.2. The van der Waals surface area contributed by atoms with Gasteiger partial charge in [0.1, 0.15) is 6.33 Å². The molecule has 0 radical (unpaired) electrons. The fourth-order valence-electron chi connectivity index (χ4n) is 2.09. The number of aromatic nitrogens is 3. The molecular formula is C14H19IN6. The van der Waals surface area contributed by atoms with E-state index in [1.54, 1.807) is 0 Å². The number of hydrogen-bond donors (Lipinski definition) is 2. The summed E-state index contributed by atoms with van der Waals surface area (Å²) in [6.45, 7) is 0.574. The Balaban J connectivity index is 0.00000161. The van der Waals surface area contributed by atoms with Crippen LogP contribution in [0, 0.1) is 0 Å². The van der Waals surface area contributed by atoms with Crippen molar-refractivity contribution >= 4 is 29.9 Å². The van der Waals surface area contributed by atoms with E-state index in [1.807, 2.05) is 25.2 Å². The number of aromatic amines is 1. The fourth-order valence-corrected chi connectivity index (χ4v) is 2.09. The van der Waals surface area contributed by atoms with Crippen molar-refractivity contribution in [3.63, 3.8) is 0 Å². The van der Waals surface area contributed by atoms with E-state index < -0.39 is 0 Å². The smallest absolute Gasteiger partial charge is 0.191 e. The average molecular weight is 398 g/mol. The standard InChI is InChI=1S/C14H18N6.HI/c1-20(12-5-6-12)14(15)16-8-10-3-2-4-11(7-10)13-17-9-18-19-13;/h2-4,7,9,12H,5-6,8H2,1H3,(H2,15,16)(H,17,18,19);1H. The molecule has 1 heterocycles. The number of halogens is 1. The molecule has 3 N–H and O–H groups in total. The van der Waals surface area contributed by atoms with Crippen LogP contribution in [0.25, 0.3) is 11.4 Å². The third-order valence-corrected chi connectivity index (χ3v) is 3.50. The van der Waals surface area contributed by atoms with Crippen molar-refractivity contribution in [2.24, 2.45) is 10.7 Å². The molecule has 1 fully saturated rings. The number of nitrogens with one attached hydrogen (secondary N) is 1. The molecule has 1 aromatic heterocycles. The molecular weight excluding hydrogens is 379 g/mol. The van der Waals surface area contributed by atoms with Crippen molar-refractivity contribution in [3.8, 4) is 11.4 Å². The zero-order valence-electron chi connectivity index (χ0n) is 11.9. The minimum absolute atomic E-state index is 0. The molecule has 1 aliphatic rings. The predicted octanol–water partition coefficient (Wildman–Crippen LogP) is 2.00. The first-order chi connectivity index (χ1) is 9.74. The Morgan fingerprint density at radius 1 is 1.48 bits per heavy atom. The molecule has 1 aromatic carbocycles. The van der Waals surface area contributed by atoms with Gasteiger partial charge in [0, 0.05) is 18.7 Å². The van der Waals surface area contributed by atoms with E-state index in [-0.39, 0.29) is 24.0 Å². The van der Waals surface area contributed by atoms with E-state index in [0.717, 1.165) is 17.0 Å². The van der Waals surface area contributed by atoms with Crippen LogP contribution in [0.2, 0.25) is 0 Å². The second-order valence-electron chi connectivity index (χ2n) is 5.05. The second-order valence-corrected chi connectivity index (χ2v) is 5.05. The molecule has 0 bridgehead atoms. The van der Waals surface area contributed by atoms with Gasteiger partial charge in [-0.1, -0.05) is 18.2 Å². The lowest BCUT2D eigenvalue weighted by atomic mass is 10.1. The van der Waals surface area contributed by atoms with Crippen LogP contribution in [0.1, 0.15) is 18.4 Å². The number of benzene rings is 1. The summed E-state index contributed by atoms with van der Waals surface area (Å²) >= 11 is 0. The molecule has 0 aliphatic heterocycles. The van der Waals surface area contributed by atoms with Gasteiger partial charge in [0.2, 0.25) is 0 Å². The van der Waals surface area contributed by atoms with Gasteiger partial charge in [-0.2, -0.15) is 5.10 Å². The molecule has 0 spiro atoms. The Hall–Kier alpha value is -1.64. The van der Waals surface area contributed by atoms with Crippen molar-refractivity contribution < 1.29 is 0 Å². The average Bonchev–Trinajstić information content (AvgIpc) is 3.18. The molecule has 1 saturated carbocycles. The zero-order chi connectivity index (χ0) is 13.9. The molecule has 7 heteroatoms. The van der Waals surface area contributed by atoms with Gasteiger partial charge >= 0.3 is 0 Å². The Morgan fingerprint density at radius 2 is 2.29 bits per heavy atom. The summed E-state index contributed by atoms with van der Waals surface area (Å²) in [5.74, 6) is 1.37. The number of hydrogen-bond acceptors (Lipinski definition) is 3. The molecule has 6 nitrogen and oxygen atoms in total. The molecule has 2 aromatic rings. The first-order valence-corrected chi connectivity index (χ1v) is 6.71. The van der Waals surface area contributed by atoms with Crippen LogP contribution < -0.4 is 5.73 Å².